The minimum Gasteiger partial charge on any atom is -0.508 e. The van der Waals surface area contributed by atoms with E-state index in [-0.39, 0.29) is 18.1 Å². The summed E-state index contributed by atoms with van der Waals surface area (Å²) in [6.07, 6.45) is 1.43. The van der Waals surface area contributed by atoms with Crippen LogP contribution in [-0.4, -0.2) is 22.1 Å². The zero-order valence-electron chi connectivity index (χ0n) is 11.2. The third kappa shape index (κ3) is 4.99. The molecule has 1 amide bonds. The molecule has 5 nitrogen and oxygen atoms in total. The smallest absolute Gasteiger partial charge is 0.303 e. The van der Waals surface area contributed by atoms with E-state index in [9.17, 15) is 14.7 Å². The monoisotopic (exact) mass is 265 g/mol. The Morgan fingerprint density at radius 2 is 1.74 bits per heavy atom. The van der Waals surface area contributed by atoms with Crippen molar-refractivity contribution in [1.82, 2.24) is 0 Å². The van der Waals surface area contributed by atoms with Crippen LogP contribution in [0, 0.1) is 13.8 Å². The van der Waals surface area contributed by atoms with Crippen LogP contribution in [0.3, 0.4) is 0 Å². The molecule has 19 heavy (non-hydrogen) atoms. The first-order chi connectivity index (χ1) is 8.90. The van der Waals surface area contributed by atoms with E-state index >= 15 is 0 Å². The number of phenolic OH excluding ortho intramolecular Hbond substituents is 1. The molecule has 1 aromatic rings. The number of anilines is 1. The molecule has 0 aliphatic heterocycles. The van der Waals surface area contributed by atoms with Gasteiger partial charge in [-0.05, 0) is 49.9 Å². The number of rotatable bonds is 6. The molecular weight excluding hydrogens is 246 g/mol. The molecule has 0 aliphatic rings. The second kappa shape index (κ2) is 6.78. The van der Waals surface area contributed by atoms with Crippen LogP contribution in [0.25, 0.3) is 0 Å². The highest BCUT2D eigenvalue weighted by molar-refractivity contribution is 5.91. The van der Waals surface area contributed by atoms with Gasteiger partial charge in [-0.1, -0.05) is 0 Å². The molecule has 3 N–H and O–H groups in total. The van der Waals surface area contributed by atoms with E-state index in [1.807, 2.05) is 0 Å². The summed E-state index contributed by atoms with van der Waals surface area (Å²) in [5.74, 6) is -0.777. The normalized spacial score (nSPS) is 10.2. The van der Waals surface area contributed by atoms with Gasteiger partial charge >= 0.3 is 5.97 Å². The van der Waals surface area contributed by atoms with Gasteiger partial charge in [0.25, 0.3) is 0 Å². The first-order valence-corrected chi connectivity index (χ1v) is 6.22. The van der Waals surface area contributed by atoms with Crippen molar-refractivity contribution >= 4 is 17.6 Å². The van der Waals surface area contributed by atoms with E-state index in [4.69, 9.17) is 5.11 Å². The number of carbonyl (C=O) groups excluding carboxylic acids is 1. The predicted octanol–water partition coefficient (Wildman–Crippen LogP) is 2.59. The summed E-state index contributed by atoms with van der Waals surface area (Å²) in [7, 11) is 0. The lowest BCUT2D eigenvalue weighted by Gasteiger charge is -2.10. The van der Waals surface area contributed by atoms with E-state index in [1.165, 1.54) is 0 Å². The first-order valence-electron chi connectivity index (χ1n) is 6.22. The highest BCUT2D eigenvalue weighted by Gasteiger charge is 2.07. The zero-order chi connectivity index (χ0) is 14.4. The number of unbranched alkanes of at least 4 members (excludes halogenated alkanes) is 1. The molecule has 0 atom stereocenters. The second-order valence-electron chi connectivity index (χ2n) is 4.60. The molecular formula is C14H19NO4. The summed E-state index contributed by atoms with van der Waals surface area (Å²) in [5.41, 5.74) is 2.17. The van der Waals surface area contributed by atoms with Gasteiger partial charge in [0.05, 0.1) is 0 Å². The van der Waals surface area contributed by atoms with E-state index in [0.29, 0.717) is 30.5 Å². The van der Waals surface area contributed by atoms with Crippen LogP contribution in [-0.2, 0) is 9.59 Å². The minimum atomic E-state index is -0.842. The van der Waals surface area contributed by atoms with Crippen LogP contribution in [0.4, 0.5) is 5.69 Å². The van der Waals surface area contributed by atoms with Crippen LogP contribution in [0.5, 0.6) is 5.75 Å². The van der Waals surface area contributed by atoms with E-state index in [1.54, 1.807) is 26.0 Å². The summed E-state index contributed by atoms with van der Waals surface area (Å²) in [5, 5.41) is 20.8. The van der Waals surface area contributed by atoms with Crippen molar-refractivity contribution in [2.45, 2.75) is 39.5 Å². The van der Waals surface area contributed by atoms with Crippen molar-refractivity contribution in [2.75, 3.05) is 5.32 Å². The van der Waals surface area contributed by atoms with Gasteiger partial charge in [0.1, 0.15) is 5.75 Å². The number of aryl methyl sites for hydroxylation is 2. The molecule has 0 aliphatic carbocycles. The average molecular weight is 265 g/mol. The Morgan fingerprint density at radius 1 is 1.11 bits per heavy atom. The molecule has 1 rings (SSSR count). The number of nitrogens with one attached hydrogen (secondary N) is 1. The van der Waals surface area contributed by atoms with Gasteiger partial charge in [-0.25, -0.2) is 0 Å². The number of carbonyl (C=O) groups is 2. The Morgan fingerprint density at radius 3 is 2.37 bits per heavy atom. The van der Waals surface area contributed by atoms with Gasteiger partial charge in [-0.2, -0.15) is 0 Å². The molecule has 0 aromatic heterocycles. The minimum absolute atomic E-state index is 0.0879. The third-order valence-electron chi connectivity index (χ3n) is 2.86. The quantitative estimate of drug-likeness (QED) is 0.545. The van der Waals surface area contributed by atoms with Crippen molar-refractivity contribution < 1.29 is 19.8 Å². The van der Waals surface area contributed by atoms with Crippen LogP contribution in [0.2, 0.25) is 0 Å². The summed E-state index contributed by atoms with van der Waals surface area (Å²) < 4.78 is 0. The lowest BCUT2D eigenvalue weighted by atomic mass is 10.1. The second-order valence-corrected chi connectivity index (χ2v) is 4.60. The van der Waals surface area contributed by atoms with Crippen LogP contribution in [0.1, 0.15) is 36.8 Å². The number of benzene rings is 1. The van der Waals surface area contributed by atoms with Gasteiger partial charge in [0.15, 0.2) is 0 Å². The first kappa shape index (κ1) is 15.0. The third-order valence-corrected chi connectivity index (χ3v) is 2.86. The molecule has 1 aromatic carbocycles. The molecule has 0 bridgehead atoms. The Labute approximate surface area is 112 Å². The lowest BCUT2D eigenvalue weighted by Crippen LogP contribution is -2.12. The molecule has 5 heteroatoms. The maximum atomic E-state index is 11.7. The van der Waals surface area contributed by atoms with Crippen LogP contribution < -0.4 is 5.32 Å². The molecule has 0 spiro atoms. The van der Waals surface area contributed by atoms with E-state index < -0.39 is 5.97 Å². The van der Waals surface area contributed by atoms with Crippen LogP contribution in [0.15, 0.2) is 12.1 Å². The number of aliphatic carboxylic acids is 1. The maximum absolute atomic E-state index is 11.7. The fourth-order valence-corrected chi connectivity index (χ4v) is 1.71. The topological polar surface area (TPSA) is 86.6 Å². The molecule has 0 unspecified atom stereocenters. The van der Waals surface area contributed by atoms with Crippen molar-refractivity contribution in [2.24, 2.45) is 0 Å². The number of hydrogen-bond donors (Lipinski definition) is 3. The predicted molar refractivity (Wildman–Crippen MR) is 72.3 cm³/mol. The standard InChI is InChI=1S/C14H19NO4/c1-9-8-12(16)10(2)7-11(9)15-13(17)5-3-4-6-14(18)19/h7-8,16H,3-6H2,1-2H3,(H,15,17)(H,18,19). The van der Waals surface area contributed by atoms with Gasteiger partial charge in [0.2, 0.25) is 5.91 Å². The lowest BCUT2D eigenvalue weighted by molar-refractivity contribution is -0.137. The fraction of sp³-hybridized carbons (Fsp3) is 0.429. The maximum Gasteiger partial charge on any atom is 0.303 e. The Bertz CT molecular complexity index is 483. The summed E-state index contributed by atoms with van der Waals surface area (Å²) in [4.78, 5) is 22.0. The number of phenols is 1. The SMILES string of the molecule is Cc1cc(NC(=O)CCCCC(=O)O)c(C)cc1O. The van der Waals surface area contributed by atoms with Crippen molar-refractivity contribution in [1.29, 1.82) is 0 Å². The Hall–Kier alpha value is -2.04. The van der Waals surface area contributed by atoms with Gasteiger partial charge in [-0.15, -0.1) is 0 Å². The Kier molecular flexibility index (Phi) is 5.36. The summed E-state index contributed by atoms with van der Waals surface area (Å²) in [6, 6.07) is 3.33. The highest BCUT2D eigenvalue weighted by atomic mass is 16.4. The van der Waals surface area contributed by atoms with E-state index in [0.717, 1.165) is 5.56 Å². The van der Waals surface area contributed by atoms with Crippen molar-refractivity contribution in [3.05, 3.63) is 23.3 Å². The highest BCUT2D eigenvalue weighted by Crippen LogP contribution is 2.25. The van der Waals surface area contributed by atoms with Gasteiger partial charge in [-0.3, -0.25) is 9.59 Å². The number of carboxylic acid groups (broad SMARTS) is 1. The van der Waals surface area contributed by atoms with Crippen LogP contribution >= 0.6 is 0 Å². The van der Waals surface area contributed by atoms with E-state index in [2.05, 4.69) is 5.32 Å². The van der Waals surface area contributed by atoms with Crippen molar-refractivity contribution in [3.8, 4) is 5.75 Å². The van der Waals surface area contributed by atoms with Gasteiger partial charge in [0, 0.05) is 18.5 Å². The molecule has 0 saturated heterocycles. The number of carboxylic acids is 1. The zero-order valence-corrected chi connectivity index (χ0v) is 11.2. The molecule has 0 heterocycles. The van der Waals surface area contributed by atoms with Gasteiger partial charge < -0.3 is 15.5 Å². The Balaban J connectivity index is 2.48. The number of amides is 1. The molecule has 0 fully saturated rings. The molecule has 0 radical (unpaired) electrons. The largest absolute Gasteiger partial charge is 0.508 e. The average Bonchev–Trinajstić information content (AvgIpc) is 2.31. The van der Waals surface area contributed by atoms with Crippen molar-refractivity contribution in [3.63, 3.8) is 0 Å². The molecule has 104 valence electrons. The number of hydrogen-bond acceptors (Lipinski definition) is 3. The molecule has 0 saturated carbocycles. The summed E-state index contributed by atoms with van der Waals surface area (Å²) in [6.45, 7) is 3.57. The number of aromatic hydroxyl groups is 1. The summed E-state index contributed by atoms with van der Waals surface area (Å²) >= 11 is 0. The fourth-order valence-electron chi connectivity index (χ4n) is 1.71.